The van der Waals surface area contributed by atoms with Crippen LogP contribution < -0.4 is 5.32 Å². The molecule has 30 heavy (non-hydrogen) atoms. The highest BCUT2D eigenvalue weighted by Crippen LogP contribution is 2.24. The molecule has 3 amide bonds. The summed E-state index contributed by atoms with van der Waals surface area (Å²) in [4.78, 5) is 47.0. The third-order valence-corrected chi connectivity index (χ3v) is 6.28. The van der Waals surface area contributed by atoms with E-state index < -0.39 is 6.04 Å². The van der Waals surface area contributed by atoms with Crippen LogP contribution in [0.15, 0.2) is 23.6 Å². The highest BCUT2D eigenvalue weighted by Gasteiger charge is 2.29. The molecule has 8 heteroatoms. The Kier molecular flexibility index (Phi) is 6.87. The molecule has 0 saturated heterocycles. The zero-order chi connectivity index (χ0) is 21.8. The van der Waals surface area contributed by atoms with Crippen LogP contribution in [0.5, 0.6) is 0 Å². The summed E-state index contributed by atoms with van der Waals surface area (Å²) in [5, 5.41) is 4.96. The van der Waals surface area contributed by atoms with Gasteiger partial charge in [0, 0.05) is 32.1 Å². The maximum absolute atomic E-state index is 13.1. The average molecular weight is 429 g/mol. The number of hydrogen-bond acceptors (Lipinski definition) is 5. The van der Waals surface area contributed by atoms with Crippen LogP contribution in [-0.4, -0.2) is 59.2 Å². The lowest BCUT2D eigenvalue weighted by atomic mass is 10.1. The summed E-state index contributed by atoms with van der Waals surface area (Å²) in [7, 11) is 3.31. The zero-order valence-corrected chi connectivity index (χ0v) is 18.7. The molecular formula is C22H28N4O3S. The van der Waals surface area contributed by atoms with Gasteiger partial charge in [0.1, 0.15) is 11.7 Å². The first-order valence-corrected chi connectivity index (χ1v) is 11.0. The van der Waals surface area contributed by atoms with Crippen LogP contribution >= 0.6 is 11.3 Å². The standard InChI is InChI=1S/C22H28N4O3S/c1-5-6-17(22(29)26-11-9-19-15(13-26)10-12-30-19)24-20(27)16-7-8-18(23-14(16)2)21(28)25(3)4/h7-8,10,12,17H,5-6,9,11,13H2,1-4H3,(H,24,27). The number of aromatic nitrogens is 1. The highest BCUT2D eigenvalue weighted by atomic mass is 32.1. The monoisotopic (exact) mass is 428 g/mol. The molecular weight excluding hydrogens is 400 g/mol. The molecule has 1 aliphatic heterocycles. The van der Waals surface area contributed by atoms with Crippen LogP contribution in [0.25, 0.3) is 0 Å². The number of thiophene rings is 1. The minimum Gasteiger partial charge on any atom is -0.343 e. The topological polar surface area (TPSA) is 82.6 Å². The molecule has 0 aromatic carbocycles. The van der Waals surface area contributed by atoms with Crippen molar-refractivity contribution in [3.05, 3.63) is 51.0 Å². The van der Waals surface area contributed by atoms with Crippen molar-refractivity contribution in [2.45, 2.75) is 45.7 Å². The number of nitrogens with zero attached hydrogens (tertiary/aromatic N) is 3. The van der Waals surface area contributed by atoms with Gasteiger partial charge in [-0.1, -0.05) is 13.3 Å². The first-order valence-electron chi connectivity index (χ1n) is 10.2. The van der Waals surface area contributed by atoms with E-state index in [4.69, 9.17) is 0 Å². The lowest BCUT2D eigenvalue weighted by Crippen LogP contribution is -2.49. The van der Waals surface area contributed by atoms with Gasteiger partial charge in [0.05, 0.1) is 11.3 Å². The lowest BCUT2D eigenvalue weighted by molar-refractivity contribution is -0.134. The normalized spacial score (nSPS) is 14.1. The van der Waals surface area contributed by atoms with Gasteiger partial charge in [-0.05, 0) is 48.9 Å². The number of pyridine rings is 1. The minimum atomic E-state index is -0.579. The summed E-state index contributed by atoms with van der Waals surface area (Å²) < 4.78 is 0. The molecule has 1 aliphatic rings. The molecule has 0 fully saturated rings. The van der Waals surface area contributed by atoms with Crippen molar-refractivity contribution in [3.8, 4) is 0 Å². The molecule has 2 aromatic rings. The molecule has 0 bridgehead atoms. The van der Waals surface area contributed by atoms with E-state index in [1.54, 1.807) is 44.5 Å². The van der Waals surface area contributed by atoms with E-state index in [-0.39, 0.29) is 23.4 Å². The van der Waals surface area contributed by atoms with Crippen LogP contribution in [0.2, 0.25) is 0 Å². The summed E-state index contributed by atoms with van der Waals surface area (Å²) in [6, 6.07) is 4.63. The third-order valence-electron chi connectivity index (χ3n) is 5.26. The molecule has 0 spiro atoms. The first-order chi connectivity index (χ1) is 14.3. The zero-order valence-electron chi connectivity index (χ0n) is 17.9. The van der Waals surface area contributed by atoms with Crippen molar-refractivity contribution in [2.75, 3.05) is 20.6 Å². The predicted octanol–water partition coefficient (Wildman–Crippen LogP) is 2.64. The molecule has 1 unspecified atom stereocenters. The third kappa shape index (κ3) is 4.70. The van der Waals surface area contributed by atoms with Crippen molar-refractivity contribution in [2.24, 2.45) is 0 Å². The molecule has 160 valence electrons. The minimum absolute atomic E-state index is 0.0490. The van der Waals surface area contributed by atoms with Gasteiger partial charge < -0.3 is 15.1 Å². The Bertz CT molecular complexity index is 954. The average Bonchev–Trinajstić information content (AvgIpc) is 3.19. The van der Waals surface area contributed by atoms with Crippen LogP contribution in [0.1, 0.15) is 56.7 Å². The van der Waals surface area contributed by atoms with Gasteiger partial charge >= 0.3 is 0 Å². The molecule has 1 atom stereocenters. The first kappa shape index (κ1) is 22.0. The Morgan fingerprint density at radius 1 is 1.27 bits per heavy atom. The summed E-state index contributed by atoms with van der Waals surface area (Å²) in [5.41, 5.74) is 2.32. The van der Waals surface area contributed by atoms with Gasteiger partial charge in [-0.25, -0.2) is 4.98 Å². The van der Waals surface area contributed by atoms with E-state index in [1.807, 2.05) is 11.8 Å². The highest BCUT2D eigenvalue weighted by molar-refractivity contribution is 7.10. The SMILES string of the molecule is CCCC(NC(=O)c1ccc(C(=O)N(C)C)nc1C)C(=O)N1CCc2sccc2C1. The quantitative estimate of drug-likeness (QED) is 0.767. The Labute approximate surface area is 181 Å². The summed E-state index contributed by atoms with van der Waals surface area (Å²) >= 11 is 1.73. The summed E-state index contributed by atoms with van der Waals surface area (Å²) in [5.74, 6) is -0.613. The molecule has 3 heterocycles. The fourth-order valence-electron chi connectivity index (χ4n) is 3.59. The maximum Gasteiger partial charge on any atom is 0.271 e. The van der Waals surface area contributed by atoms with Crippen LogP contribution in [-0.2, 0) is 17.8 Å². The predicted molar refractivity (Wildman–Crippen MR) is 117 cm³/mol. The van der Waals surface area contributed by atoms with Crippen molar-refractivity contribution < 1.29 is 14.4 Å². The van der Waals surface area contributed by atoms with Crippen LogP contribution in [0.4, 0.5) is 0 Å². The summed E-state index contributed by atoms with van der Waals surface area (Å²) in [6.45, 7) is 4.95. The van der Waals surface area contributed by atoms with E-state index in [0.29, 0.717) is 30.8 Å². The Balaban J connectivity index is 1.72. The molecule has 1 N–H and O–H groups in total. The second kappa shape index (κ2) is 9.38. The number of nitrogens with one attached hydrogen (secondary N) is 1. The van der Waals surface area contributed by atoms with Gasteiger partial charge in [0.2, 0.25) is 5.91 Å². The second-order valence-corrected chi connectivity index (χ2v) is 8.72. The summed E-state index contributed by atoms with van der Waals surface area (Å²) in [6.07, 6.45) is 2.21. The van der Waals surface area contributed by atoms with Gasteiger partial charge in [0.25, 0.3) is 11.8 Å². The van der Waals surface area contributed by atoms with Crippen molar-refractivity contribution in [1.82, 2.24) is 20.1 Å². The molecule has 2 aromatic heterocycles. The van der Waals surface area contributed by atoms with E-state index >= 15 is 0 Å². The Hall–Kier alpha value is -2.74. The number of amides is 3. The van der Waals surface area contributed by atoms with E-state index in [9.17, 15) is 14.4 Å². The van der Waals surface area contributed by atoms with Crippen LogP contribution in [0.3, 0.4) is 0 Å². The molecule has 0 saturated carbocycles. The largest absolute Gasteiger partial charge is 0.343 e. The number of hydrogen-bond donors (Lipinski definition) is 1. The smallest absolute Gasteiger partial charge is 0.271 e. The fraction of sp³-hybridized carbons (Fsp3) is 0.455. The van der Waals surface area contributed by atoms with Gasteiger partial charge in [-0.3, -0.25) is 14.4 Å². The number of carbonyl (C=O) groups excluding carboxylic acids is 3. The number of fused-ring (bicyclic) bond motifs is 1. The van der Waals surface area contributed by atoms with Gasteiger partial charge in [-0.15, -0.1) is 11.3 Å². The van der Waals surface area contributed by atoms with Crippen molar-refractivity contribution in [3.63, 3.8) is 0 Å². The number of carbonyl (C=O) groups is 3. The number of rotatable bonds is 6. The Morgan fingerprint density at radius 3 is 2.70 bits per heavy atom. The molecule has 3 rings (SSSR count). The number of aryl methyl sites for hydroxylation is 1. The van der Waals surface area contributed by atoms with E-state index in [0.717, 1.165) is 12.8 Å². The molecule has 0 radical (unpaired) electrons. The maximum atomic E-state index is 13.1. The molecule has 0 aliphatic carbocycles. The lowest BCUT2D eigenvalue weighted by Gasteiger charge is -2.31. The van der Waals surface area contributed by atoms with Crippen molar-refractivity contribution >= 4 is 29.1 Å². The second-order valence-electron chi connectivity index (χ2n) is 7.72. The molecule has 7 nitrogen and oxygen atoms in total. The van der Waals surface area contributed by atoms with Crippen LogP contribution in [0, 0.1) is 6.92 Å². The van der Waals surface area contributed by atoms with Gasteiger partial charge in [0.15, 0.2) is 0 Å². The van der Waals surface area contributed by atoms with E-state index in [2.05, 4.69) is 21.7 Å². The fourth-order valence-corrected chi connectivity index (χ4v) is 4.48. The van der Waals surface area contributed by atoms with E-state index in [1.165, 1.54) is 15.3 Å². The van der Waals surface area contributed by atoms with Crippen molar-refractivity contribution in [1.29, 1.82) is 0 Å². The Morgan fingerprint density at radius 2 is 2.03 bits per heavy atom. The van der Waals surface area contributed by atoms with Gasteiger partial charge in [-0.2, -0.15) is 0 Å².